The van der Waals surface area contributed by atoms with E-state index < -0.39 is 0 Å². The van der Waals surface area contributed by atoms with E-state index in [0.717, 1.165) is 19.5 Å². The van der Waals surface area contributed by atoms with Crippen molar-refractivity contribution in [3.8, 4) is 0 Å². The summed E-state index contributed by atoms with van der Waals surface area (Å²) in [4.78, 5) is 0. The second-order valence-corrected chi connectivity index (χ2v) is 3.18. The first kappa shape index (κ1) is 10.2. The normalized spacial score (nSPS) is 13.1. The van der Waals surface area contributed by atoms with E-state index in [2.05, 4.69) is 10.4 Å². The lowest BCUT2D eigenvalue weighted by atomic mass is 10.3. The van der Waals surface area contributed by atoms with Crippen molar-refractivity contribution in [1.82, 2.24) is 15.1 Å². The average molecular weight is 183 g/mol. The third kappa shape index (κ3) is 4.65. The van der Waals surface area contributed by atoms with Gasteiger partial charge in [-0.2, -0.15) is 5.10 Å². The van der Waals surface area contributed by atoms with Gasteiger partial charge in [0, 0.05) is 25.5 Å². The zero-order valence-electron chi connectivity index (χ0n) is 7.98. The van der Waals surface area contributed by atoms with Crippen LogP contribution in [0.2, 0.25) is 0 Å². The first-order chi connectivity index (χ1) is 6.29. The maximum atomic E-state index is 8.96. The van der Waals surface area contributed by atoms with Crippen LogP contribution in [0.5, 0.6) is 0 Å². The molecule has 0 bridgehead atoms. The second-order valence-electron chi connectivity index (χ2n) is 3.18. The van der Waals surface area contributed by atoms with Crippen molar-refractivity contribution in [2.24, 2.45) is 0 Å². The number of nitrogens with one attached hydrogen (secondary N) is 1. The van der Waals surface area contributed by atoms with Crippen molar-refractivity contribution < 1.29 is 5.11 Å². The molecule has 4 heteroatoms. The first-order valence-electron chi connectivity index (χ1n) is 4.65. The molecule has 1 atom stereocenters. The number of hydrogen-bond acceptors (Lipinski definition) is 3. The Morgan fingerprint density at radius 3 is 3.08 bits per heavy atom. The summed E-state index contributed by atoms with van der Waals surface area (Å²) in [6.07, 6.45) is 4.51. The minimum atomic E-state index is -0.260. The second kappa shape index (κ2) is 5.72. The van der Waals surface area contributed by atoms with Crippen molar-refractivity contribution in [2.75, 3.05) is 13.1 Å². The highest BCUT2D eigenvalue weighted by Crippen LogP contribution is 1.87. The van der Waals surface area contributed by atoms with Crippen LogP contribution in [0.1, 0.15) is 13.3 Å². The molecule has 0 saturated carbocycles. The molecule has 1 unspecified atom stereocenters. The fourth-order valence-electron chi connectivity index (χ4n) is 1.11. The van der Waals surface area contributed by atoms with E-state index in [1.165, 1.54) is 0 Å². The minimum Gasteiger partial charge on any atom is -0.392 e. The van der Waals surface area contributed by atoms with Gasteiger partial charge in [0.25, 0.3) is 0 Å². The zero-order chi connectivity index (χ0) is 9.52. The SMILES string of the molecule is CC(O)CNCCCn1cccn1. The van der Waals surface area contributed by atoms with Crippen molar-refractivity contribution in [3.05, 3.63) is 18.5 Å². The molecule has 1 heterocycles. The summed E-state index contributed by atoms with van der Waals surface area (Å²) in [5.74, 6) is 0. The van der Waals surface area contributed by atoms with Crippen molar-refractivity contribution in [3.63, 3.8) is 0 Å². The molecule has 1 aromatic heterocycles. The van der Waals surface area contributed by atoms with E-state index in [1.807, 2.05) is 16.9 Å². The molecule has 0 fully saturated rings. The Hall–Kier alpha value is -0.870. The van der Waals surface area contributed by atoms with E-state index in [4.69, 9.17) is 5.11 Å². The van der Waals surface area contributed by atoms with Crippen LogP contribution in [0.4, 0.5) is 0 Å². The lowest BCUT2D eigenvalue weighted by molar-refractivity contribution is 0.191. The predicted octanol–water partition coefficient (Wildman–Crippen LogP) is 0.244. The third-order valence-corrected chi connectivity index (χ3v) is 1.74. The van der Waals surface area contributed by atoms with E-state index in [1.54, 1.807) is 13.1 Å². The Kier molecular flexibility index (Phi) is 4.49. The highest BCUT2D eigenvalue weighted by atomic mass is 16.3. The van der Waals surface area contributed by atoms with Gasteiger partial charge in [-0.3, -0.25) is 4.68 Å². The third-order valence-electron chi connectivity index (χ3n) is 1.74. The summed E-state index contributed by atoms with van der Waals surface area (Å²) in [5.41, 5.74) is 0. The molecule has 4 nitrogen and oxygen atoms in total. The van der Waals surface area contributed by atoms with Crippen LogP contribution in [0.25, 0.3) is 0 Å². The maximum Gasteiger partial charge on any atom is 0.0636 e. The van der Waals surface area contributed by atoms with Gasteiger partial charge in [-0.05, 0) is 26.0 Å². The van der Waals surface area contributed by atoms with Gasteiger partial charge >= 0.3 is 0 Å². The van der Waals surface area contributed by atoms with Gasteiger partial charge < -0.3 is 10.4 Å². The standard InChI is InChI=1S/C9H17N3O/c1-9(13)8-10-4-2-6-12-7-3-5-11-12/h3,5,7,9-10,13H,2,4,6,8H2,1H3. The lowest BCUT2D eigenvalue weighted by Gasteiger charge is -2.06. The molecule has 0 spiro atoms. The Bertz CT molecular complexity index is 209. The highest BCUT2D eigenvalue weighted by Gasteiger charge is 1.94. The largest absolute Gasteiger partial charge is 0.392 e. The van der Waals surface area contributed by atoms with Crippen molar-refractivity contribution in [1.29, 1.82) is 0 Å². The van der Waals surface area contributed by atoms with Crippen molar-refractivity contribution >= 4 is 0 Å². The zero-order valence-corrected chi connectivity index (χ0v) is 7.98. The van der Waals surface area contributed by atoms with Crippen LogP contribution < -0.4 is 5.32 Å². The number of nitrogens with zero attached hydrogens (tertiary/aromatic N) is 2. The molecule has 0 aliphatic rings. The van der Waals surface area contributed by atoms with Crippen LogP contribution in [-0.2, 0) is 6.54 Å². The summed E-state index contributed by atoms with van der Waals surface area (Å²) in [6, 6.07) is 1.92. The molecule has 0 aliphatic carbocycles. The number of aliphatic hydroxyl groups is 1. The van der Waals surface area contributed by atoms with Gasteiger partial charge in [-0.25, -0.2) is 0 Å². The molecule has 1 rings (SSSR count). The summed E-state index contributed by atoms with van der Waals surface area (Å²) in [5, 5.41) is 16.2. The molecular formula is C9H17N3O. The Morgan fingerprint density at radius 1 is 1.62 bits per heavy atom. The fourth-order valence-corrected chi connectivity index (χ4v) is 1.11. The fraction of sp³-hybridized carbons (Fsp3) is 0.667. The van der Waals surface area contributed by atoms with E-state index in [9.17, 15) is 0 Å². The lowest BCUT2D eigenvalue weighted by Crippen LogP contribution is -2.25. The van der Waals surface area contributed by atoms with Gasteiger partial charge in [0.2, 0.25) is 0 Å². The van der Waals surface area contributed by atoms with Gasteiger partial charge in [-0.1, -0.05) is 0 Å². The molecule has 74 valence electrons. The Morgan fingerprint density at radius 2 is 2.46 bits per heavy atom. The number of aliphatic hydroxyl groups excluding tert-OH is 1. The molecule has 1 aromatic rings. The van der Waals surface area contributed by atoms with Crippen LogP contribution >= 0.6 is 0 Å². The summed E-state index contributed by atoms with van der Waals surface area (Å²) in [7, 11) is 0. The summed E-state index contributed by atoms with van der Waals surface area (Å²) < 4.78 is 1.91. The molecular weight excluding hydrogens is 166 g/mol. The Balaban J connectivity index is 1.96. The van der Waals surface area contributed by atoms with Gasteiger partial charge in [0.15, 0.2) is 0 Å². The smallest absolute Gasteiger partial charge is 0.0636 e. The quantitative estimate of drug-likeness (QED) is 0.621. The number of aromatic nitrogens is 2. The van der Waals surface area contributed by atoms with Gasteiger partial charge in [0.1, 0.15) is 0 Å². The van der Waals surface area contributed by atoms with Crippen molar-refractivity contribution in [2.45, 2.75) is 26.0 Å². The molecule has 13 heavy (non-hydrogen) atoms. The first-order valence-corrected chi connectivity index (χ1v) is 4.65. The number of hydrogen-bond donors (Lipinski definition) is 2. The van der Waals surface area contributed by atoms with Crippen LogP contribution in [0.3, 0.4) is 0 Å². The number of rotatable bonds is 6. The molecule has 0 saturated heterocycles. The monoisotopic (exact) mass is 183 g/mol. The van der Waals surface area contributed by atoms with E-state index >= 15 is 0 Å². The predicted molar refractivity (Wildman–Crippen MR) is 51.4 cm³/mol. The Labute approximate surface area is 78.6 Å². The number of aryl methyl sites for hydroxylation is 1. The van der Waals surface area contributed by atoms with Crippen LogP contribution in [0, 0.1) is 0 Å². The van der Waals surface area contributed by atoms with E-state index in [-0.39, 0.29) is 6.10 Å². The van der Waals surface area contributed by atoms with Crippen LogP contribution in [0.15, 0.2) is 18.5 Å². The molecule has 0 aromatic carbocycles. The topological polar surface area (TPSA) is 50.1 Å². The van der Waals surface area contributed by atoms with Crippen LogP contribution in [-0.4, -0.2) is 34.1 Å². The summed E-state index contributed by atoms with van der Waals surface area (Å²) >= 11 is 0. The van der Waals surface area contributed by atoms with Gasteiger partial charge in [0.05, 0.1) is 6.10 Å². The molecule has 0 amide bonds. The maximum absolute atomic E-state index is 8.96. The molecule has 0 aliphatic heterocycles. The summed E-state index contributed by atoms with van der Waals surface area (Å²) in [6.45, 7) is 4.30. The highest BCUT2D eigenvalue weighted by molar-refractivity contribution is 4.77. The minimum absolute atomic E-state index is 0.260. The van der Waals surface area contributed by atoms with E-state index in [0.29, 0.717) is 6.54 Å². The molecule has 2 N–H and O–H groups in total. The molecule has 0 radical (unpaired) electrons. The average Bonchev–Trinajstić information content (AvgIpc) is 2.55. The van der Waals surface area contributed by atoms with Gasteiger partial charge in [-0.15, -0.1) is 0 Å².